The molecule has 1 fully saturated rings. The number of hydrogen-bond acceptors (Lipinski definition) is 4. The number of carbonyl (C=O) groups is 1. The Morgan fingerprint density at radius 3 is 2.31 bits per heavy atom. The Morgan fingerprint density at radius 1 is 1.31 bits per heavy atom. The summed E-state index contributed by atoms with van der Waals surface area (Å²) in [5.74, 6) is 5.31. The van der Waals surface area contributed by atoms with Crippen LogP contribution in [0.4, 0.5) is 0 Å². The second-order valence-electron chi connectivity index (χ2n) is 2.98. The zero-order valence-corrected chi connectivity index (χ0v) is 7.76. The largest absolute Gasteiger partial charge is 0.358 e. The summed E-state index contributed by atoms with van der Waals surface area (Å²) in [6, 6.07) is 0. The SMILES string of the molecule is CN(N)N=CN1CCN(C=O)CC1. The number of rotatable bonds is 3. The highest BCUT2D eigenvalue weighted by Crippen LogP contribution is 1.96. The molecule has 1 aliphatic rings. The third-order valence-electron chi connectivity index (χ3n) is 1.90. The molecule has 0 aromatic carbocycles. The molecule has 1 heterocycles. The van der Waals surface area contributed by atoms with Crippen molar-refractivity contribution in [2.45, 2.75) is 0 Å². The average molecular weight is 185 g/mol. The molecule has 0 atom stereocenters. The predicted octanol–water partition coefficient (Wildman–Crippen LogP) is -1.49. The molecule has 74 valence electrons. The molecular formula is C7H15N5O. The summed E-state index contributed by atoms with van der Waals surface area (Å²) in [5.41, 5.74) is 0. The van der Waals surface area contributed by atoms with Gasteiger partial charge in [0.25, 0.3) is 0 Å². The molecule has 0 saturated carbocycles. The smallest absolute Gasteiger partial charge is 0.209 e. The van der Waals surface area contributed by atoms with E-state index in [-0.39, 0.29) is 0 Å². The molecule has 0 unspecified atom stereocenters. The van der Waals surface area contributed by atoms with Crippen molar-refractivity contribution < 1.29 is 4.79 Å². The van der Waals surface area contributed by atoms with Gasteiger partial charge in [-0.1, -0.05) is 0 Å². The second kappa shape index (κ2) is 4.66. The first-order chi connectivity index (χ1) is 6.22. The van der Waals surface area contributed by atoms with Crippen LogP contribution >= 0.6 is 0 Å². The van der Waals surface area contributed by atoms with Crippen molar-refractivity contribution >= 4 is 12.7 Å². The van der Waals surface area contributed by atoms with Crippen molar-refractivity contribution in [2.24, 2.45) is 10.9 Å². The number of hydrazine groups is 1. The number of amides is 1. The van der Waals surface area contributed by atoms with E-state index in [1.54, 1.807) is 18.3 Å². The van der Waals surface area contributed by atoms with Crippen molar-refractivity contribution in [1.82, 2.24) is 14.9 Å². The van der Waals surface area contributed by atoms with E-state index in [0.717, 1.165) is 32.6 Å². The first kappa shape index (κ1) is 9.79. The van der Waals surface area contributed by atoms with Crippen LogP contribution in [0.25, 0.3) is 0 Å². The minimum Gasteiger partial charge on any atom is -0.358 e. The lowest BCUT2D eigenvalue weighted by atomic mass is 10.3. The molecule has 1 amide bonds. The van der Waals surface area contributed by atoms with E-state index < -0.39 is 0 Å². The summed E-state index contributed by atoms with van der Waals surface area (Å²) >= 11 is 0. The Hall–Kier alpha value is -1.30. The minimum atomic E-state index is 0.754. The summed E-state index contributed by atoms with van der Waals surface area (Å²) in [5, 5.41) is 5.16. The van der Waals surface area contributed by atoms with Crippen molar-refractivity contribution in [3.8, 4) is 0 Å². The Bertz CT molecular complexity index is 185. The lowest BCUT2D eigenvalue weighted by molar-refractivity contribution is -0.119. The number of carbonyl (C=O) groups excluding carboxylic acids is 1. The first-order valence-corrected chi connectivity index (χ1v) is 4.18. The Balaban J connectivity index is 2.28. The summed E-state index contributed by atoms with van der Waals surface area (Å²) in [6.45, 7) is 3.14. The van der Waals surface area contributed by atoms with Gasteiger partial charge in [0, 0.05) is 33.2 Å². The number of hydrogen-bond donors (Lipinski definition) is 1. The molecule has 1 saturated heterocycles. The van der Waals surface area contributed by atoms with Gasteiger partial charge >= 0.3 is 0 Å². The predicted molar refractivity (Wildman–Crippen MR) is 49.7 cm³/mol. The van der Waals surface area contributed by atoms with Crippen LogP contribution in [-0.2, 0) is 4.79 Å². The van der Waals surface area contributed by atoms with Crippen LogP contribution in [0, 0.1) is 0 Å². The van der Waals surface area contributed by atoms with E-state index in [0.29, 0.717) is 0 Å². The topological polar surface area (TPSA) is 65.2 Å². The molecule has 0 bridgehead atoms. The highest BCUT2D eigenvalue weighted by Gasteiger charge is 2.12. The molecule has 0 radical (unpaired) electrons. The van der Waals surface area contributed by atoms with Gasteiger partial charge in [-0.3, -0.25) is 4.79 Å². The van der Waals surface area contributed by atoms with E-state index in [1.807, 2.05) is 4.90 Å². The van der Waals surface area contributed by atoms with E-state index >= 15 is 0 Å². The monoisotopic (exact) mass is 185 g/mol. The molecular weight excluding hydrogens is 170 g/mol. The number of nitrogens with zero attached hydrogens (tertiary/aromatic N) is 4. The second-order valence-corrected chi connectivity index (χ2v) is 2.98. The van der Waals surface area contributed by atoms with Gasteiger partial charge in [0.2, 0.25) is 6.41 Å². The van der Waals surface area contributed by atoms with Crippen LogP contribution < -0.4 is 5.84 Å². The van der Waals surface area contributed by atoms with Gasteiger partial charge in [0.15, 0.2) is 0 Å². The van der Waals surface area contributed by atoms with Crippen LogP contribution in [0.1, 0.15) is 0 Å². The quantitative estimate of drug-likeness (QED) is 0.191. The lowest BCUT2D eigenvalue weighted by Crippen LogP contribution is -2.45. The third-order valence-corrected chi connectivity index (χ3v) is 1.90. The van der Waals surface area contributed by atoms with Crippen molar-refractivity contribution in [3.63, 3.8) is 0 Å². The number of piperazine rings is 1. The summed E-state index contributed by atoms with van der Waals surface area (Å²) in [4.78, 5) is 14.2. The fourth-order valence-electron chi connectivity index (χ4n) is 1.11. The highest BCUT2D eigenvalue weighted by molar-refractivity contribution is 5.55. The number of hydrazone groups is 1. The van der Waals surface area contributed by atoms with E-state index in [4.69, 9.17) is 5.84 Å². The van der Waals surface area contributed by atoms with Crippen LogP contribution in [0.15, 0.2) is 5.10 Å². The van der Waals surface area contributed by atoms with Crippen molar-refractivity contribution in [3.05, 3.63) is 0 Å². The molecule has 0 aliphatic carbocycles. The lowest BCUT2D eigenvalue weighted by Gasteiger charge is -2.30. The Labute approximate surface area is 77.5 Å². The van der Waals surface area contributed by atoms with Crippen molar-refractivity contribution in [2.75, 3.05) is 33.2 Å². The molecule has 13 heavy (non-hydrogen) atoms. The molecule has 0 aromatic rings. The highest BCUT2D eigenvalue weighted by atomic mass is 16.1. The van der Waals surface area contributed by atoms with E-state index in [9.17, 15) is 4.79 Å². The van der Waals surface area contributed by atoms with Crippen LogP contribution in [-0.4, -0.2) is 60.9 Å². The maximum atomic E-state index is 10.4. The van der Waals surface area contributed by atoms with Gasteiger partial charge in [0.05, 0.1) is 0 Å². The van der Waals surface area contributed by atoms with Crippen LogP contribution in [0.3, 0.4) is 0 Å². The average Bonchev–Trinajstić information content (AvgIpc) is 2.15. The maximum absolute atomic E-state index is 10.4. The van der Waals surface area contributed by atoms with Gasteiger partial charge < -0.3 is 9.80 Å². The molecule has 2 N–H and O–H groups in total. The maximum Gasteiger partial charge on any atom is 0.209 e. The summed E-state index contributed by atoms with van der Waals surface area (Å²) in [6.07, 6.45) is 2.58. The standard InChI is InChI=1S/C7H15N5O/c1-10(8)9-6-11-2-4-12(7-13)5-3-11/h6-7H,2-5,8H2,1H3. The Morgan fingerprint density at radius 2 is 1.85 bits per heavy atom. The van der Waals surface area contributed by atoms with Gasteiger partial charge in [-0.25, -0.2) is 11.0 Å². The van der Waals surface area contributed by atoms with Crippen LogP contribution in [0.5, 0.6) is 0 Å². The fourth-order valence-corrected chi connectivity index (χ4v) is 1.11. The summed E-state index contributed by atoms with van der Waals surface area (Å²) in [7, 11) is 1.66. The molecule has 1 rings (SSSR count). The zero-order valence-electron chi connectivity index (χ0n) is 7.76. The first-order valence-electron chi connectivity index (χ1n) is 4.18. The fraction of sp³-hybridized carbons (Fsp3) is 0.714. The van der Waals surface area contributed by atoms with Gasteiger partial charge in [-0.15, -0.1) is 0 Å². The third kappa shape index (κ3) is 3.29. The summed E-state index contributed by atoms with van der Waals surface area (Å²) < 4.78 is 0. The normalized spacial score (nSPS) is 18.0. The van der Waals surface area contributed by atoms with E-state index in [2.05, 4.69) is 5.10 Å². The van der Waals surface area contributed by atoms with Gasteiger partial charge in [-0.05, 0) is 0 Å². The molecule has 6 nitrogen and oxygen atoms in total. The molecule has 1 aliphatic heterocycles. The van der Waals surface area contributed by atoms with Gasteiger partial charge in [0.1, 0.15) is 6.34 Å². The van der Waals surface area contributed by atoms with Crippen molar-refractivity contribution in [1.29, 1.82) is 0 Å². The number of nitrogens with two attached hydrogens (primary N) is 1. The van der Waals surface area contributed by atoms with E-state index in [1.165, 1.54) is 5.12 Å². The van der Waals surface area contributed by atoms with Gasteiger partial charge in [-0.2, -0.15) is 5.10 Å². The zero-order chi connectivity index (χ0) is 9.68. The molecule has 0 spiro atoms. The minimum absolute atomic E-state index is 0.754. The van der Waals surface area contributed by atoms with Crippen LogP contribution in [0.2, 0.25) is 0 Å². The molecule has 0 aromatic heterocycles. The molecule has 6 heteroatoms. The Kier molecular flexibility index (Phi) is 3.51.